The third-order valence-corrected chi connectivity index (χ3v) is 5.00. The number of anilines is 1. The SMILES string of the molecule is N#Cc1c(N)n[nH]c1CCCNC(=O)c1cn(Cc2ccccc2)nc1-c1cccnc1. The fourth-order valence-electron chi connectivity index (χ4n) is 3.42. The molecule has 0 saturated heterocycles. The maximum Gasteiger partial charge on any atom is 0.255 e. The van der Waals surface area contributed by atoms with Crippen LogP contribution in [0.1, 0.15) is 33.6 Å². The number of amides is 1. The topological polar surface area (TPSA) is 138 Å². The first-order valence-corrected chi connectivity index (χ1v) is 10.2. The fraction of sp³-hybridized carbons (Fsp3) is 0.174. The molecule has 0 spiro atoms. The lowest BCUT2D eigenvalue weighted by Crippen LogP contribution is -2.25. The van der Waals surface area contributed by atoms with Gasteiger partial charge in [0, 0.05) is 30.7 Å². The van der Waals surface area contributed by atoms with Crippen molar-refractivity contribution in [2.24, 2.45) is 0 Å². The first-order valence-electron chi connectivity index (χ1n) is 10.2. The van der Waals surface area contributed by atoms with Crippen molar-refractivity contribution in [3.05, 3.63) is 83.4 Å². The molecule has 1 amide bonds. The van der Waals surface area contributed by atoms with Gasteiger partial charge in [0.15, 0.2) is 5.82 Å². The summed E-state index contributed by atoms with van der Waals surface area (Å²) in [5.41, 5.74) is 9.62. The average Bonchev–Trinajstić information content (AvgIpc) is 3.41. The van der Waals surface area contributed by atoms with Gasteiger partial charge in [0.2, 0.25) is 0 Å². The quantitative estimate of drug-likeness (QED) is 0.370. The maximum absolute atomic E-state index is 13.0. The van der Waals surface area contributed by atoms with E-state index in [0.717, 1.165) is 11.1 Å². The van der Waals surface area contributed by atoms with Crippen LogP contribution in [0, 0.1) is 11.3 Å². The molecule has 4 rings (SSSR count). The minimum Gasteiger partial charge on any atom is -0.381 e. The maximum atomic E-state index is 13.0. The van der Waals surface area contributed by atoms with Crippen molar-refractivity contribution in [3.63, 3.8) is 0 Å². The summed E-state index contributed by atoms with van der Waals surface area (Å²) in [5, 5.41) is 23.4. The molecule has 0 aliphatic carbocycles. The van der Waals surface area contributed by atoms with E-state index < -0.39 is 0 Å². The standard InChI is InChI=1S/C23H22N8O/c24-12-18-20(28-29-22(18)25)9-5-11-27-23(32)19-15-31(14-16-6-2-1-3-7-16)30-21(19)17-8-4-10-26-13-17/h1-4,6-8,10,13,15H,5,9,11,14H2,(H,27,32)(H3,25,28,29). The van der Waals surface area contributed by atoms with E-state index in [0.29, 0.717) is 48.4 Å². The van der Waals surface area contributed by atoms with Crippen LogP contribution in [0.4, 0.5) is 5.82 Å². The summed E-state index contributed by atoms with van der Waals surface area (Å²) in [6.07, 6.45) is 6.31. The van der Waals surface area contributed by atoms with Crippen LogP contribution in [0.15, 0.2) is 61.1 Å². The monoisotopic (exact) mass is 426 g/mol. The molecule has 9 heteroatoms. The van der Waals surface area contributed by atoms with E-state index in [1.54, 1.807) is 23.3 Å². The molecule has 1 aromatic carbocycles. The number of nitriles is 1. The summed E-state index contributed by atoms with van der Waals surface area (Å²) in [5.74, 6) is -0.0220. The van der Waals surface area contributed by atoms with Crippen LogP contribution < -0.4 is 11.1 Å². The molecule has 4 N–H and O–H groups in total. The number of nitrogens with one attached hydrogen (secondary N) is 2. The zero-order valence-corrected chi connectivity index (χ0v) is 17.3. The van der Waals surface area contributed by atoms with Crippen LogP contribution in [0.3, 0.4) is 0 Å². The van der Waals surface area contributed by atoms with Crippen LogP contribution in [0.25, 0.3) is 11.3 Å². The minimum absolute atomic E-state index is 0.193. The third-order valence-electron chi connectivity index (χ3n) is 5.00. The third kappa shape index (κ3) is 4.65. The molecule has 160 valence electrons. The van der Waals surface area contributed by atoms with Crippen LogP contribution in [-0.2, 0) is 13.0 Å². The van der Waals surface area contributed by atoms with Crippen molar-refractivity contribution >= 4 is 11.7 Å². The van der Waals surface area contributed by atoms with Gasteiger partial charge in [-0.1, -0.05) is 30.3 Å². The van der Waals surface area contributed by atoms with Gasteiger partial charge in [-0.2, -0.15) is 15.5 Å². The number of benzene rings is 1. The van der Waals surface area contributed by atoms with E-state index in [1.807, 2.05) is 48.5 Å². The Bertz CT molecular complexity index is 1240. The number of aromatic nitrogens is 5. The second kappa shape index (κ2) is 9.57. The van der Waals surface area contributed by atoms with Crippen LogP contribution in [-0.4, -0.2) is 37.4 Å². The number of pyridine rings is 1. The highest BCUT2D eigenvalue weighted by Gasteiger charge is 2.18. The summed E-state index contributed by atoms with van der Waals surface area (Å²) in [4.78, 5) is 17.1. The number of hydrogen-bond acceptors (Lipinski definition) is 6. The minimum atomic E-state index is -0.215. The molecule has 32 heavy (non-hydrogen) atoms. The number of nitrogens with two attached hydrogens (primary N) is 1. The normalized spacial score (nSPS) is 10.6. The molecule has 0 unspecified atom stereocenters. The molecule has 4 aromatic rings. The molecule has 0 saturated carbocycles. The summed E-state index contributed by atoms with van der Waals surface area (Å²) < 4.78 is 1.76. The lowest BCUT2D eigenvalue weighted by atomic mass is 10.1. The molecular formula is C23H22N8O. The van der Waals surface area contributed by atoms with Gasteiger partial charge in [-0.25, -0.2) is 0 Å². The average molecular weight is 426 g/mol. The fourth-order valence-corrected chi connectivity index (χ4v) is 3.42. The number of nitrogens with zero attached hydrogens (tertiary/aromatic N) is 5. The summed E-state index contributed by atoms with van der Waals surface area (Å²) in [6, 6.07) is 15.7. The lowest BCUT2D eigenvalue weighted by molar-refractivity contribution is 0.0953. The number of nitrogen functional groups attached to an aromatic ring is 1. The zero-order chi connectivity index (χ0) is 22.3. The second-order valence-corrected chi connectivity index (χ2v) is 7.25. The van der Waals surface area contributed by atoms with Crippen molar-refractivity contribution in [2.75, 3.05) is 12.3 Å². The molecule has 0 atom stereocenters. The smallest absolute Gasteiger partial charge is 0.255 e. The number of hydrogen-bond donors (Lipinski definition) is 3. The van der Waals surface area contributed by atoms with Gasteiger partial charge in [0.25, 0.3) is 5.91 Å². The zero-order valence-electron chi connectivity index (χ0n) is 17.3. The van der Waals surface area contributed by atoms with Crippen molar-refractivity contribution in [1.29, 1.82) is 5.26 Å². The highest BCUT2D eigenvalue weighted by Crippen LogP contribution is 2.22. The summed E-state index contributed by atoms with van der Waals surface area (Å²) in [7, 11) is 0. The van der Waals surface area contributed by atoms with E-state index in [2.05, 4.69) is 25.6 Å². The highest BCUT2D eigenvalue weighted by atomic mass is 16.1. The van der Waals surface area contributed by atoms with Crippen LogP contribution in [0.5, 0.6) is 0 Å². The molecule has 3 aromatic heterocycles. The Balaban J connectivity index is 1.47. The van der Waals surface area contributed by atoms with Gasteiger partial charge >= 0.3 is 0 Å². The number of carbonyl (C=O) groups excluding carboxylic acids is 1. The van der Waals surface area contributed by atoms with Gasteiger partial charge < -0.3 is 11.1 Å². The molecule has 0 fully saturated rings. The second-order valence-electron chi connectivity index (χ2n) is 7.25. The molecule has 9 nitrogen and oxygen atoms in total. The largest absolute Gasteiger partial charge is 0.381 e. The first-order chi connectivity index (χ1) is 15.7. The lowest BCUT2D eigenvalue weighted by Gasteiger charge is -2.05. The molecule has 3 heterocycles. The highest BCUT2D eigenvalue weighted by molar-refractivity contribution is 5.99. The van der Waals surface area contributed by atoms with Gasteiger partial charge in [-0.3, -0.25) is 19.6 Å². The van der Waals surface area contributed by atoms with E-state index in [9.17, 15) is 4.79 Å². The number of H-pyrrole nitrogens is 1. The summed E-state index contributed by atoms with van der Waals surface area (Å²) >= 11 is 0. The Hall–Kier alpha value is -4.45. The first kappa shape index (κ1) is 20.8. The van der Waals surface area contributed by atoms with E-state index in [4.69, 9.17) is 11.0 Å². The van der Waals surface area contributed by atoms with Crippen molar-refractivity contribution < 1.29 is 4.79 Å². The Morgan fingerprint density at radius 1 is 1.22 bits per heavy atom. The van der Waals surface area contributed by atoms with Crippen molar-refractivity contribution in [2.45, 2.75) is 19.4 Å². The summed E-state index contributed by atoms with van der Waals surface area (Å²) in [6.45, 7) is 0.985. The predicted molar refractivity (Wildman–Crippen MR) is 119 cm³/mol. The number of aromatic amines is 1. The molecule has 0 radical (unpaired) electrons. The Kier molecular flexibility index (Phi) is 6.22. The van der Waals surface area contributed by atoms with Gasteiger partial charge in [0.1, 0.15) is 17.3 Å². The number of aryl methyl sites for hydroxylation is 1. The van der Waals surface area contributed by atoms with E-state index in [1.165, 1.54) is 0 Å². The molecule has 0 bridgehead atoms. The van der Waals surface area contributed by atoms with Gasteiger partial charge in [0.05, 0.1) is 17.8 Å². The predicted octanol–water partition coefficient (Wildman–Crippen LogP) is 2.53. The Morgan fingerprint density at radius 3 is 2.81 bits per heavy atom. The van der Waals surface area contributed by atoms with Gasteiger partial charge in [-0.05, 0) is 30.5 Å². The van der Waals surface area contributed by atoms with E-state index in [-0.39, 0.29) is 11.7 Å². The van der Waals surface area contributed by atoms with Crippen molar-refractivity contribution in [1.82, 2.24) is 30.3 Å². The van der Waals surface area contributed by atoms with Crippen LogP contribution >= 0.6 is 0 Å². The molecular weight excluding hydrogens is 404 g/mol. The Morgan fingerprint density at radius 2 is 2.06 bits per heavy atom. The van der Waals surface area contributed by atoms with E-state index >= 15 is 0 Å². The van der Waals surface area contributed by atoms with Crippen molar-refractivity contribution in [3.8, 4) is 17.3 Å². The number of rotatable bonds is 8. The van der Waals surface area contributed by atoms with Crippen LogP contribution in [0.2, 0.25) is 0 Å². The number of carbonyl (C=O) groups is 1. The molecule has 0 aliphatic heterocycles. The molecule has 0 aliphatic rings. The van der Waals surface area contributed by atoms with Gasteiger partial charge in [-0.15, -0.1) is 0 Å². The Labute approximate surface area is 184 Å².